The minimum atomic E-state index is 0.242. The summed E-state index contributed by atoms with van der Waals surface area (Å²) in [6, 6.07) is 3.83. The third-order valence-corrected chi connectivity index (χ3v) is 2.80. The van der Waals surface area contributed by atoms with Crippen molar-refractivity contribution in [3.63, 3.8) is 0 Å². The summed E-state index contributed by atoms with van der Waals surface area (Å²) in [5.74, 6) is 0.242. The molecule has 1 aliphatic rings. The van der Waals surface area contributed by atoms with Gasteiger partial charge in [-0.15, -0.1) is 0 Å². The predicted molar refractivity (Wildman–Crippen MR) is 56.6 cm³/mol. The summed E-state index contributed by atoms with van der Waals surface area (Å²) < 4.78 is 1.01. The Kier molecular flexibility index (Phi) is 2.82. The molecule has 0 radical (unpaired) electrons. The van der Waals surface area contributed by atoms with Crippen LogP contribution in [0.2, 0.25) is 0 Å². The van der Waals surface area contributed by atoms with Gasteiger partial charge in [0.05, 0.1) is 12.2 Å². The van der Waals surface area contributed by atoms with E-state index >= 15 is 0 Å². The quantitative estimate of drug-likeness (QED) is 0.809. The van der Waals surface area contributed by atoms with Crippen LogP contribution in [-0.4, -0.2) is 22.3 Å². The first-order valence-electron chi connectivity index (χ1n) is 4.64. The first kappa shape index (κ1) is 9.65. The Morgan fingerprint density at radius 2 is 2.43 bits per heavy atom. The highest BCUT2D eigenvalue weighted by Gasteiger charge is 2.20. The zero-order valence-electron chi connectivity index (χ0n) is 7.74. The van der Waals surface area contributed by atoms with Crippen LogP contribution in [0.3, 0.4) is 0 Å². The Hall–Kier alpha value is -0.900. The second kappa shape index (κ2) is 4.09. The van der Waals surface area contributed by atoms with Crippen molar-refractivity contribution < 1.29 is 4.79 Å². The Bertz CT molecular complexity index is 354. The van der Waals surface area contributed by atoms with E-state index in [1.54, 1.807) is 6.20 Å². The summed E-state index contributed by atoms with van der Waals surface area (Å²) in [5.41, 5.74) is 0.939. The smallest absolute Gasteiger partial charge is 0.222 e. The van der Waals surface area contributed by atoms with E-state index in [0.717, 1.165) is 23.1 Å². The summed E-state index contributed by atoms with van der Waals surface area (Å²) in [6.07, 6.45) is 3.42. The average molecular weight is 255 g/mol. The maximum atomic E-state index is 11.3. The van der Waals surface area contributed by atoms with Crippen molar-refractivity contribution in [2.45, 2.75) is 19.4 Å². The normalized spacial score (nSPS) is 16.4. The van der Waals surface area contributed by atoms with Crippen LogP contribution in [0.25, 0.3) is 0 Å². The van der Waals surface area contributed by atoms with E-state index in [4.69, 9.17) is 0 Å². The van der Waals surface area contributed by atoms with Crippen molar-refractivity contribution in [2.24, 2.45) is 0 Å². The lowest BCUT2D eigenvalue weighted by Gasteiger charge is -2.14. The summed E-state index contributed by atoms with van der Waals surface area (Å²) in [7, 11) is 0. The van der Waals surface area contributed by atoms with Crippen molar-refractivity contribution in [3.8, 4) is 0 Å². The van der Waals surface area contributed by atoms with Gasteiger partial charge in [-0.1, -0.05) is 15.9 Å². The maximum absolute atomic E-state index is 11.3. The minimum absolute atomic E-state index is 0.242. The lowest BCUT2D eigenvalue weighted by molar-refractivity contribution is -0.128. The standard InChI is InChI=1S/C10H11BrN2O/c11-8-3-4-12-9(6-8)7-13-5-1-2-10(13)14/h3-4,6H,1-2,5,7H2. The highest BCUT2D eigenvalue weighted by Crippen LogP contribution is 2.15. The first-order valence-corrected chi connectivity index (χ1v) is 5.43. The van der Waals surface area contributed by atoms with Gasteiger partial charge in [0.1, 0.15) is 0 Å². The molecule has 1 aromatic heterocycles. The first-order chi connectivity index (χ1) is 6.75. The molecule has 1 saturated heterocycles. The van der Waals surface area contributed by atoms with Gasteiger partial charge >= 0.3 is 0 Å². The monoisotopic (exact) mass is 254 g/mol. The molecule has 0 atom stereocenters. The Labute approximate surface area is 91.3 Å². The van der Waals surface area contributed by atoms with Crippen LogP contribution >= 0.6 is 15.9 Å². The van der Waals surface area contributed by atoms with Gasteiger partial charge < -0.3 is 4.90 Å². The highest BCUT2D eigenvalue weighted by atomic mass is 79.9. The van der Waals surface area contributed by atoms with Crippen molar-refractivity contribution >= 4 is 21.8 Å². The molecule has 1 aromatic rings. The summed E-state index contributed by atoms with van der Waals surface area (Å²) in [5, 5.41) is 0. The van der Waals surface area contributed by atoms with Crippen molar-refractivity contribution in [1.82, 2.24) is 9.88 Å². The van der Waals surface area contributed by atoms with Crippen LogP contribution in [0, 0.1) is 0 Å². The van der Waals surface area contributed by atoms with Gasteiger partial charge in [-0.3, -0.25) is 9.78 Å². The Balaban J connectivity index is 2.07. The molecule has 1 fully saturated rings. The molecule has 3 nitrogen and oxygen atoms in total. The topological polar surface area (TPSA) is 33.2 Å². The molecule has 0 spiro atoms. The van der Waals surface area contributed by atoms with Gasteiger partial charge in [0.15, 0.2) is 0 Å². The van der Waals surface area contributed by atoms with E-state index in [0.29, 0.717) is 13.0 Å². The molecule has 14 heavy (non-hydrogen) atoms. The predicted octanol–water partition coefficient (Wildman–Crippen LogP) is 1.97. The molecule has 0 unspecified atom stereocenters. The molecule has 0 aliphatic carbocycles. The van der Waals surface area contributed by atoms with E-state index in [9.17, 15) is 4.79 Å². The third-order valence-electron chi connectivity index (χ3n) is 2.30. The average Bonchev–Trinajstić information content (AvgIpc) is 2.52. The molecular formula is C10H11BrN2O. The van der Waals surface area contributed by atoms with Gasteiger partial charge in [-0.2, -0.15) is 0 Å². The number of rotatable bonds is 2. The number of aromatic nitrogens is 1. The summed E-state index contributed by atoms with van der Waals surface area (Å²) in [4.78, 5) is 17.4. The van der Waals surface area contributed by atoms with E-state index in [1.165, 1.54) is 0 Å². The summed E-state index contributed by atoms with van der Waals surface area (Å²) >= 11 is 3.38. The molecule has 0 aromatic carbocycles. The van der Waals surface area contributed by atoms with Crippen molar-refractivity contribution in [3.05, 3.63) is 28.5 Å². The number of nitrogens with zero attached hydrogens (tertiary/aromatic N) is 2. The fraction of sp³-hybridized carbons (Fsp3) is 0.400. The zero-order chi connectivity index (χ0) is 9.97. The van der Waals surface area contributed by atoms with Crippen molar-refractivity contribution in [2.75, 3.05) is 6.54 Å². The zero-order valence-corrected chi connectivity index (χ0v) is 9.33. The molecule has 2 heterocycles. The molecule has 2 rings (SSSR count). The number of pyridine rings is 1. The number of carbonyl (C=O) groups excluding carboxylic acids is 1. The lowest BCUT2D eigenvalue weighted by atomic mass is 10.3. The van der Waals surface area contributed by atoms with Gasteiger partial charge in [0.25, 0.3) is 0 Å². The van der Waals surface area contributed by atoms with Gasteiger partial charge in [-0.05, 0) is 18.6 Å². The summed E-state index contributed by atoms with van der Waals surface area (Å²) in [6.45, 7) is 1.51. The lowest BCUT2D eigenvalue weighted by Crippen LogP contribution is -2.24. The molecule has 1 amide bonds. The molecule has 74 valence electrons. The van der Waals surface area contributed by atoms with Crippen LogP contribution in [0.4, 0.5) is 0 Å². The molecule has 0 bridgehead atoms. The van der Waals surface area contributed by atoms with Gasteiger partial charge in [-0.25, -0.2) is 0 Å². The SMILES string of the molecule is O=C1CCCN1Cc1cc(Br)ccn1. The van der Waals surface area contributed by atoms with E-state index in [-0.39, 0.29) is 5.91 Å². The Morgan fingerprint density at radius 1 is 1.57 bits per heavy atom. The van der Waals surface area contributed by atoms with E-state index in [2.05, 4.69) is 20.9 Å². The molecule has 0 N–H and O–H groups in total. The third kappa shape index (κ3) is 2.12. The molecule has 4 heteroatoms. The number of amides is 1. The van der Waals surface area contributed by atoms with Crippen LogP contribution < -0.4 is 0 Å². The number of halogens is 1. The van der Waals surface area contributed by atoms with Gasteiger partial charge in [0.2, 0.25) is 5.91 Å². The highest BCUT2D eigenvalue weighted by molar-refractivity contribution is 9.10. The van der Waals surface area contributed by atoms with Crippen molar-refractivity contribution in [1.29, 1.82) is 0 Å². The Morgan fingerprint density at radius 3 is 3.07 bits per heavy atom. The van der Waals surface area contributed by atoms with E-state index < -0.39 is 0 Å². The number of carbonyl (C=O) groups is 1. The molecular weight excluding hydrogens is 244 g/mol. The maximum Gasteiger partial charge on any atom is 0.222 e. The van der Waals surface area contributed by atoms with E-state index in [1.807, 2.05) is 17.0 Å². The number of hydrogen-bond donors (Lipinski definition) is 0. The molecule has 1 aliphatic heterocycles. The fourth-order valence-electron chi connectivity index (χ4n) is 1.60. The minimum Gasteiger partial charge on any atom is -0.337 e. The number of likely N-dealkylation sites (tertiary alicyclic amines) is 1. The van der Waals surface area contributed by atoms with Crippen LogP contribution in [-0.2, 0) is 11.3 Å². The number of hydrogen-bond acceptors (Lipinski definition) is 2. The van der Waals surface area contributed by atoms with Crippen LogP contribution in [0.15, 0.2) is 22.8 Å². The van der Waals surface area contributed by atoms with Gasteiger partial charge in [0, 0.05) is 23.6 Å². The van der Waals surface area contributed by atoms with Crippen LogP contribution in [0.1, 0.15) is 18.5 Å². The van der Waals surface area contributed by atoms with Crippen LogP contribution in [0.5, 0.6) is 0 Å². The fourth-order valence-corrected chi connectivity index (χ4v) is 1.98. The largest absolute Gasteiger partial charge is 0.337 e. The second-order valence-corrected chi connectivity index (χ2v) is 4.30. The second-order valence-electron chi connectivity index (χ2n) is 3.38. The molecule has 0 saturated carbocycles.